The summed E-state index contributed by atoms with van der Waals surface area (Å²) in [6, 6.07) is 2.01. The average molecular weight is 416 g/mol. The Morgan fingerprint density at radius 2 is 1.90 bits per heavy atom. The summed E-state index contributed by atoms with van der Waals surface area (Å²) < 4.78 is 3.46. The lowest BCUT2D eigenvalue weighted by atomic mass is 9.94. The van der Waals surface area contributed by atoms with Crippen molar-refractivity contribution >= 4 is 22.5 Å². The Morgan fingerprint density at radius 3 is 2.50 bits per heavy atom. The molecule has 4 heterocycles. The molecule has 0 aromatic carbocycles. The molecule has 0 amide bonds. The Bertz CT molecular complexity index is 1070. The number of aromatic amines is 1. The molecule has 0 saturated carbocycles. The Balaban J connectivity index is 0.000000806. The lowest BCUT2D eigenvalue weighted by molar-refractivity contribution is 0.0349. The second-order valence-electron chi connectivity index (χ2n) is 8.20. The van der Waals surface area contributed by atoms with Gasteiger partial charge in [-0.05, 0) is 26.7 Å². The molecule has 4 rings (SSSR count). The van der Waals surface area contributed by atoms with Gasteiger partial charge in [-0.15, -0.1) is 0 Å². The summed E-state index contributed by atoms with van der Waals surface area (Å²) in [4.78, 5) is 14.8. The number of H-pyrrole nitrogens is 1. The van der Waals surface area contributed by atoms with Crippen molar-refractivity contribution in [3.05, 3.63) is 22.6 Å². The van der Waals surface area contributed by atoms with E-state index >= 15 is 0 Å². The van der Waals surface area contributed by atoms with E-state index in [1.165, 1.54) is 6.42 Å². The van der Waals surface area contributed by atoms with E-state index in [1.54, 1.807) is 10.8 Å². The normalized spacial score (nSPS) is 15.9. The summed E-state index contributed by atoms with van der Waals surface area (Å²) in [5.74, 6) is 1.18. The summed E-state index contributed by atoms with van der Waals surface area (Å²) >= 11 is 0. The second kappa shape index (κ2) is 8.51. The minimum absolute atomic E-state index is 0.156. The number of hydrogen-bond acceptors (Lipinski definition) is 6. The van der Waals surface area contributed by atoms with Crippen LogP contribution in [0.1, 0.15) is 47.0 Å². The molecule has 0 unspecified atom stereocenters. The highest BCUT2D eigenvalue weighted by molar-refractivity contribution is 5.97. The first-order valence-electron chi connectivity index (χ1n) is 10.6. The molecule has 0 radical (unpaired) electrons. The van der Waals surface area contributed by atoms with Gasteiger partial charge in [0.15, 0.2) is 5.82 Å². The number of nitrogen functional groups attached to an aromatic ring is 1. The fraction of sp³-hybridized carbons (Fsp3) is 0.571. The number of fused-ring (bicyclic) bond motifs is 1. The van der Waals surface area contributed by atoms with Gasteiger partial charge in [-0.1, -0.05) is 20.3 Å². The summed E-state index contributed by atoms with van der Waals surface area (Å²) in [5.41, 5.74) is 7.30. The van der Waals surface area contributed by atoms with Crippen LogP contribution in [0.15, 0.2) is 17.1 Å². The molecule has 0 bridgehead atoms. The van der Waals surface area contributed by atoms with E-state index in [4.69, 9.17) is 5.73 Å². The number of nitrogens with zero attached hydrogens (tertiary/aromatic N) is 5. The third-order valence-electron chi connectivity index (χ3n) is 5.46. The zero-order valence-corrected chi connectivity index (χ0v) is 18.6. The van der Waals surface area contributed by atoms with Gasteiger partial charge in [-0.25, -0.2) is 0 Å². The molecule has 30 heavy (non-hydrogen) atoms. The molecule has 1 aliphatic rings. The molecule has 3 aromatic heterocycles. The Labute approximate surface area is 176 Å². The zero-order valence-electron chi connectivity index (χ0n) is 18.6. The number of nitrogens with one attached hydrogen (secondary N) is 1. The number of nitrogens with two attached hydrogens (primary N) is 1. The average Bonchev–Trinajstić information content (AvgIpc) is 3.27. The van der Waals surface area contributed by atoms with Gasteiger partial charge in [-0.3, -0.25) is 14.6 Å². The third-order valence-corrected chi connectivity index (χ3v) is 5.46. The van der Waals surface area contributed by atoms with Gasteiger partial charge in [-0.2, -0.15) is 10.2 Å². The van der Waals surface area contributed by atoms with Crippen LogP contribution in [0.5, 0.6) is 0 Å². The molecule has 4 N–H and O–H groups in total. The maximum atomic E-state index is 12.6. The molecule has 164 valence electrons. The molecule has 9 nitrogen and oxygen atoms in total. The van der Waals surface area contributed by atoms with Gasteiger partial charge in [0.2, 0.25) is 0 Å². The highest BCUT2D eigenvalue weighted by Crippen LogP contribution is 2.31. The van der Waals surface area contributed by atoms with Gasteiger partial charge in [0.05, 0.1) is 16.8 Å². The van der Waals surface area contributed by atoms with E-state index in [2.05, 4.69) is 34.0 Å². The van der Waals surface area contributed by atoms with Crippen LogP contribution in [0.4, 0.5) is 11.6 Å². The molecular weight excluding hydrogens is 382 g/mol. The highest BCUT2D eigenvalue weighted by atomic mass is 16.3. The number of aliphatic hydroxyl groups is 1. The van der Waals surface area contributed by atoms with Crippen LogP contribution >= 0.6 is 0 Å². The number of aromatic nitrogens is 5. The summed E-state index contributed by atoms with van der Waals surface area (Å²) in [6.45, 7) is 10.1. The van der Waals surface area contributed by atoms with Crippen LogP contribution in [-0.2, 0) is 13.6 Å². The third kappa shape index (κ3) is 4.07. The molecule has 1 fully saturated rings. The van der Waals surface area contributed by atoms with Crippen LogP contribution in [0.2, 0.25) is 0 Å². The smallest absolute Gasteiger partial charge is 0.263 e. The lowest BCUT2D eigenvalue weighted by Gasteiger charge is -2.36. The van der Waals surface area contributed by atoms with Crippen molar-refractivity contribution in [2.24, 2.45) is 7.05 Å². The summed E-state index contributed by atoms with van der Waals surface area (Å²) in [7, 11) is 1.90. The Morgan fingerprint density at radius 1 is 1.27 bits per heavy atom. The number of anilines is 2. The van der Waals surface area contributed by atoms with Crippen LogP contribution in [0.25, 0.3) is 22.2 Å². The van der Waals surface area contributed by atoms with Gasteiger partial charge >= 0.3 is 0 Å². The number of rotatable bonds is 3. The lowest BCUT2D eigenvalue weighted by Crippen LogP contribution is -2.43. The maximum absolute atomic E-state index is 12.6. The van der Waals surface area contributed by atoms with Crippen LogP contribution in [0, 0.1) is 0 Å². The fourth-order valence-electron chi connectivity index (χ4n) is 3.72. The topological polar surface area (TPSA) is 118 Å². The largest absolute Gasteiger partial charge is 0.390 e. The van der Waals surface area contributed by atoms with E-state index in [0.29, 0.717) is 17.4 Å². The van der Waals surface area contributed by atoms with Gasteiger partial charge in [0.25, 0.3) is 5.56 Å². The molecule has 3 aromatic rings. The van der Waals surface area contributed by atoms with Crippen LogP contribution in [0.3, 0.4) is 0 Å². The van der Waals surface area contributed by atoms with Gasteiger partial charge < -0.3 is 20.3 Å². The quantitative estimate of drug-likeness (QED) is 0.605. The first-order valence-corrected chi connectivity index (χ1v) is 10.6. The molecule has 9 heteroatoms. The zero-order chi connectivity index (χ0) is 22.1. The molecular formula is C21H33N7O2. The van der Waals surface area contributed by atoms with Crippen LogP contribution in [-0.4, -0.2) is 48.3 Å². The molecule has 0 aliphatic carbocycles. The van der Waals surface area contributed by atoms with Crippen molar-refractivity contribution in [1.82, 2.24) is 24.5 Å². The number of pyridine rings is 1. The van der Waals surface area contributed by atoms with Crippen molar-refractivity contribution in [3.63, 3.8) is 0 Å². The van der Waals surface area contributed by atoms with Gasteiger partial charge in [0, 0.05) is 44.5 Å². The van der Waals surface area contributed by atoms with Crippen molar-refractivity contribution in [1.29, 1.82) is 0 Å². The van der Waals surface area contributed by atoms with Crippen molar-refractivity contribution in [2.75, 3.05) is 23.7 Å². The maximum Gasteiger partial charge on any atom is 0.263 e. The minimum Gasteiger partial charge on any atom is -0.390 e. The monoisotopic (exact) mass is 415 g/mol. The first kappa shape index (κ1) is 21.9. The van der Waals surface area contributed by atoms with Crippen molar-refractivity contribution in [3.8, 4) is 11.3 Å². The Kier molecular flexibility index (Phi) is 6.21. The summed E-state index contributed by atoms with van der Waals surface area (Å²) in [6.07, 6.45) is 4.49. The predicted octanol–water partition coefficient (Wildman–Crippen LogP) is 2.49. The second-order valence-corrected chi connectivity index (χ2v) is 8.20. The van der Waals surface area contributed by atoms with E-state index in [9.17, 15) is 9.90 Å². The standard InChI is InChI=1S/C18H25N7O2.C3H8/c1-4-24-10-11(15-14(17(24)26)16(19)21-20-15)12-9-13(23(3)22-12)25-7-5-18(2,27)6-8-25;1-3-2/h9-10,27H,4-8H2,1-3H3,(H3,19,20,21);3H2,1-2H3. The van der Waals surface area contributed by atoms with Crippen molar-refractivity contribution in [2.45, 2.75) is 59.1 Å². The number of hydrogen-bond donors (Lipinski definition) is 3. The number of aryl methyl sites for hydroxylation is 2. The Hall–Kier alpha value is -2.81. The van der Waals surface area contributed by atoms with Gasteiger partial charge in [0.1, 0.15) is 11.2 Å². The molecule has 0 atom stereocenters. The van der Waals surface area contributed by atoms with Crippen molar-refractivity contribution < 1.29 is 5.11 Å². The first-order chi connectivity index (χ1) is 14.2. The highest BCUT2D eigenvalue weighted by Gasteiger charge is 2.29. The van der Waals surface area contributed by atoms with E-state index < -0.39 is 5.60 Å². The fourth-order valence-corrected chi connectivity index (χ4v) is 3.72. The van der Waals surface area contributed by atoms with Crippen LogP contribution < -0.4 is 16.2 Å². The minimum atomic E-state index is -0.603. The van der Waals surface area contributed by atoms with E-state index in [1.807, 2.05) is 31.6 Å². The summed E-state index contributed by atoms with van der Waals surface area (Å²) in [5, 5.41) is 22.2. The van der Waals surface area contributed by atoms with E-state index in [-0.39, 0.29) is 11.4 Å². The molecule has 1 saturated heterocycles. The molecule has 1 aliphatic heterocycles. The SMILES string of the molecule is CCC.CCn1cc(-c2cc(N3CCC(C)(O)CC3)n(C)n2)c2[nH]nc(N)c2c1=O. The molecule has 0 spiro atoms. The predicted molar refractivity (Wildman–Crippen MR) is 121 cm³/mol. The number of piperidine rings is 1. The van der Waals surface area contributed by atoms with E-state index in [0.717, 1.165) is 43.0 Å².